The number of hydrogen-bond acceptors (Lipinski definition) is 7. The van der Waals surface area contributed by atoms with Crippen molar-refractivity contribution in [3.05, 3.63) is 17.7 Å². The largest absolute Gasteiger partial charge is 0.444 e. The van der Waals surface area contributed by atoms with Gasteiger partial charge in [0.2, 0.25) is 0 Å². The summed E-state index contributed by atoms with van der Waals surface area (Å²) in [5, 5.41) is 13.6. The zero-order chi connectivity index (χ0) is 23.4. The molecule has 2 N–H and O–H groups in total. The molecule has 1 heterocycles. The zero-order valence-corrected chi connectivity index (χ0v) is 19.5. The molecule has 0 aliphatic rings. The number of nitrogens with one attached hydrogen (secondary N) is 2. The van der Waals surface area contributed by atoms with Crippen LogP contribution in [-0.4, -0.2) is 51.0 Å². The summed E-state index contributed by atoms with van der Waals surface area (Å²) >= 11 is 0. The highest BCUT2D eigenvalue weighted by atomic mass is 16.6. The highest BCUT2D eigenvalue weighted by Gasteiger charge is 2.20. The number of fused-ring (bicyclic) bond motifs is 1. The maximum Gasteiger partial charge on any atom is 0.412 e. The molecule has 10 heteroatoms. The van der Waals surface area contributed by atoms with E-state index < -0.39 is 23.4 Å². The summed E-state index contributed by atoms with van der Waals surface area (Å²) in [5.41, 5.74) is 1.41. The van der Waals surface area contributed by atoms with E-state index in [4.69, 9.17) is 14.2 Å². The number of benzene rings is 1. The molecule has 0 aliphatic carbocycles. The van der Waals surface area contributed by atoms with Gasteiger partial charge in [-0.15, -0.1) is 5.10 Å². The molecule has 0 saturated carbocycles. The van der Waals surface area contributed by atoms with Crippen LogP contribution in [-0.2, 0) is 27.9 Å². The Kier molecular flexibility index (Phi) is 7.48. The number of nitrogens with zero attached hydrogens (tertiary/aromatic N) is 3. The number of amides is 2. The van der Waals surface area contributed by atoms with Gasteiger partial charge in [-0.1, -0.05) is 5.21 Å². The normalized spacial score (nSPS) is 13.0. The number of carbonyl (C=O) groups excluding carboxylic acids is 2. The lowest BCUT2D eigenvalue weighted by Gasteiger charge is -2.22. The van der Waals surface area contributed by atoms with Crippen molar-refractivity contribution in [3.63, 3.8) is 0 Å². The smallest absolute Gasteiger partial charge is 0.412 e. The Morgan fingerprint density at radius 3 is 2.29 bits per heavy atom. The maximum atomic E-state index is 12.2. The number of alkyl carbamates (subject to hydrolysis) is 1. The fourth-order valence-corrected chi connectivity index (χ4v) is 2.69. The van der Waals surface area contributed by atoms with Gasteiger partial charge in [0, 0.05) is 7.05 Å². The van der Waals surface area contributed by atoms with Crippen LogP contribution in [0.5, 0.6) is 0 Å². The van der Waals surface area contributed by atoms with Crippen molar-refractivity contribution >= 4 is 28.9 Å². The number of anilines is 1. The zero-order valence-electron chi connectivity index (χ0n) is 19.5. The van der Waals surface area contributed by atoms with E-state index in [1.54, 1.807) is 59.3 Å². The van der Waals surface area contributed by atoms with Crippen LogP contribution in [0.4, 0.5) is 15.3 Å². The lowest BCUT2D eigenvalue weighted by Crippen LogP contribution is -2.39. The number of ether oxygens (including phenoxy) is 3. The van der Waals surface area contributed by atoms with Crippen LogP contribution in [0, 0.1) is 0 Å². The molecule has 10 nitrogen and oxygen atoms in total. The molecule has 172 valence electrons. The molecule has 0 saturated heterocycles. The first-order valence-corrected chi connectivity index (χ1v) is 10.1. The van der Waals surface area contributed by atoms with Crippen LogP contribution in [0.3, 0.4) is 0 Å². The summed E-state index contributed by atoms with van der Waals surface area (Å²) in [6.45, 7) is 13.2. The van der Waals surface area contributed by atoms with E-state index in [1.165, 1.54) is 0 Å². The van der Waals surface area contributed by atoms with E-state index in [2.05, 4.69) is 20.9 Å². The molecular weight excluding hydrogens is 402 g/mol. The van der Waals surface area contributed by atoms with Crippen molar-refractivity contribution < 1.29 is 23.8 Å². The molecule has 2 aromatic rings. The van der Waals surface area contributed by atoms with Crippen molar-refractivity contribution in [1.29, 1.82) is 0 Å². The summed E-state index contributed by atoms with van der Waals surface area (Å²) in [7, 11) is 1.77. The standard InChI is InChI=1S/C21H33N5O5/c1-13(22-18(27)30-20(2,3)4)11-29-12-14-9-15(23-19(28)31-21(5,6)7)17-16(10-14)26(8)25-24-17/h9-10,13H,11-12H2,1-8H3,(H,22,27)(H,23,28)/t13-/m1/s1. The quantitative estimate of drug-likeness (QED) is 0.710. The van der Waals surface area contributed by atoms with Crippen molar-refractivity contribution in [2.45, 2.75) is 72.3 Å². The fraction of sp³-hybridized carbons (Fsp3) is 0.619. The van der Waals surface area contributed by atoms with Crippen LogP contribution in [0.25, 0.3) is 11.0 Å². The highest BCUT2D eigenvalue weighted by molar-refractivity contribution is 5.97. The van der Waals surface area contributed by atoms with E-state index in [0.717, 1.165) is 11.1 Å². The van der Waals surface area contributed by atoms with Crippen molar-refractivity contribution in [3.8, 4) is 0 Å². The maximum absolute atomic E-state index is 12.2. The van der Waals surface area contributed by atoms with E-state index in [1.807, 2.05) is 13.0 Å². The van der Waals surface area contributed by atoms with Gasteiger partial charge >= 0.3 is 12.2 Å². The van der Waals surface area contributed by atoms with Gasteiger partial charge in [0.05, 0.1) is 30.5 Å². The molecule has 1 aromatic carbocycles. The van der Waals surface area contributed by atoms with Gasteiger partial charge in [-0.25, -0.2) is 14.3 Å². The number of rotatable bonds is 6. The lowest BCUT2D eigenvalue weighted by molar-refractivity contribution is 0.0442. The van der Waals surface area contributed by atoms with Crippen LogP contribution >= 0.6 is 0 Å². The molecule has 0 unspecified atom stereocenters. The van der Waals surface area contributed by atoms with Gasteiger partial charge in [-0.2, -0.15) is 0 Å². The second-order valence-electron chi connectivity index (χ2n) is 9.41. The molecular formula is C21H33N5O5. The molecule has 0 bridgehead atoms. The van der Waals surface area contributed by atoms with Gasteiger partial charge in [0.15, 0.2) is 0 Å². The van der Waals surface area contributed by atoms with Crippen molar-refractivity contribution in [2.75, 3.05) is 11.9 Å². The van der Waals surface area contributed by atoms with E-state index in [-0.39, 0.29) is 19.3 Å². The second-order valence-corrected chi connectivity index (χ2v) is 9.41. The molecule has 2 amide bonds. The molecule has 2 rings (SSSR count). The topological polar surface area (TPSA) is 117 Å². The predicted molar refractivity (Wildman–Crippen MR) is 117 cm³/mol. The molecule has 1 aromatic heterocycles. The second kappa shape index (κ2) is 9.51. The van der Waals surface area contributed by atoms with Crippen LogP contribution in [0.15, 0.2) is 12.1 Å². The first-order valence-electron chi connectivity index (χ1n) is 10.1. The molecule has 31 heavy (non-hydrogen) atoms. The predicted octanol–water partition coefficient (Wildman–Crippen LogP) is 3.75. The first-order chi connectivity index (χ1) is 14.2. The number of carbonyl (C=O) groups is 2. The van der Waals surface area contributed by atoms with Crippen LogP contribution in [0.1, 0.15) is 54.0 Å². The Morgan fingerprint density at radius 1 is 1.06 bits per heavy atom. The Labute approximate surface area is 182 Å². The Hall–Kier alpha value is -2.88. The summed E-state index contributed by atoms with van der Waals surface area (Å²) in [4.78, 5) is 24.1. The number of hydrogen-bond donors (Lipinski definition) is 2. The van der Waals surface area contributed by atoms with Gasteiger partial charge in [0.1, 0.15) is 16.7 Å². The fourth-order valence-electron chi connectivity index (χ4n) is 2.69. The molecule has 0 spiro atoms. The van der Waals surface area contributed by atoms with Crippen LogP contribution in [0.2, 0.25) is 0 Å². The van der Waals surface area contributed by atoms with E-state index >= 15 is 0 Å². The Morgan fingerprint density at radius 2 is 1.68 bits per heavy atom. The third kappa shape index (κ3) is 8.05. The summed E-state index contributed by atoms with van der Waals surface area (Å²) in [5.74, 6) is 0. The lowest BCUT2D eigenvalue weighted by atomic mass is 10.1. The SMILES string of the molecule is C[C@H](COCc1cc(NC(=O)OC(C)(C)C)c2nnn(C)c2c1)NC(=O)OC(C)(C)C. The highest BCUT2D eigenvalue weighted by Crippen LogP contribution is 2.24. The first kappa shape index (κ1) is 24.4. The third-order valence-electron chi connectivity index (χ3n) is 3.81. The minimum absolute atomic E-state index is 0.240. The average molecular weight is 436 g/mol. The third-order valence-corrected chi connectivity index (χ3v) is 3.81. The minimum atomic E-state index is -0.621. The number of aryl methyl sites for hydroxylation is 1. The average Bonchev–Trinajstić information content (AvgIpc) is 2.92. The summed E-state index contributed by atoms with van der Waals surface area (Å²) < 4.78 is 17.9. The molecule has 1 atom stereocenters. The van der Waals surface area contributed by atoms with Crippen LogP contribution < -0.4 is 10.6 Å². The summed E-state index contributed by atoms with van der Waals surface area (Å²) in [6.07, 6.45) is -1.07. The van der Waals surface area contributed by atoms with E-state index in [0.29, 0.717) is 11.2 Å². The monoisotopic (exact) mass is 435 g/mol. The van der Waals surface area contributed by atoms with Gasteiger partial charge < -0.3 is 19.5 Å². The van der Waals surface area contributed by atoms with Crippen molar-refractivity contribution in [1.82, 2.24) is 20.3 Å². The Bertz CT molecular complexity index is 927. The summed E-state index contributed by atoms with van der Waals surface area (Å²) in [6, 6.07) is 3.42. The molecule has 0 radical (unpaired) electrons. The molecule has 0 fully saturated rings. The minimum Gasteiger partial charge on any atom is -0.444 e. The Balaban J connectivity index is 2.03. The molecule has 0 aliphatic heterocycles. The number of aromatic nitrogens is 3. The van der Waals surface area contributed by atoms with Crippen molar-refractivity contribution in [2.24, 2.45) is 7.05 Å². The van der Waals surface area contributed by atoms with Gasteiger partial charge in [-0.3, -0.25) is 5.32 Å². The van der Waals surface area contributed by atoms with Gasteiger partial charge in [-0.05, 0) is 66.2 Å². The van der Waals surface area contributed by atoms with Gasteiger partial charge in [0.25, 0.3) is 0 Å². The van der Waals surface area contributed by atoms with E-state index in [9.17, 15) is 9.59 Å².